The first-order valence-corrected chi connectivity index (χ1v) is 8.63. The Kier molecular flexibility index (Phi) is 5.28. The molecular weight excluding hydrogens is 348 g/mol. The van der Waals surface area contributed by atoms with Gasteiger partial charge in [-0.25, -0.2) is 4.98 Å². The molecule has 2 N–H and O–H groups in total. The molecule has 3 aromatic rings. The SMILES string of the molecule is COc1ccc(Nc2cc(C)nc(Nc3ccc(C)cc3C)n2)cc1Cl. The van der Waals surface area contributed by atoms with E-state index < -0.39 is 0 Å². The predicted molar refractivity (Wildman–Crippen MR) is 107 cm³/mol. The number of halogens is 1. The molecule has 1 heterocycles. The molecular formula is C20H21ClN4O. The van der Waals surface area contributed by atoms with E-state index in [1.807, 2.05) is 31.2 Å². The number of methoxy groups -OCH3 is 1. The summed E-state index contributed by atoms with van der Waals surface area (Å²) >= 11 is 6.19. The van der Waals surface area contributed by atoms with Crippen molar-refractivity contribution >= 4 is 34.7 Å². The normalized spacial score (nSPS) is 10.5. The third-order valence-electron chi connectivity index (χ3n) is 3.91. The first-order valence-electron chi connectivity index (χ1n) is 8.25. The Bertz CT molecular complexity index is 943. The number of aromatic nitrogens is 2. The quantitative estimate of drug-likeness (QED) is 0.618. The minimum absolute atomic E-state index is 0.539. The molecule has 1 aromatic heterocycles. The van der Waals surface area contributed by atoms with Crippen molar-refractivity contribution in [2.45, 2.75) is 20.8 Å². The smallest absolute Gasteiger partial charge is 0.229 e. The van der Waals surface area contributed by atoms with E-state index in [0.717, 1.165) is 22.6 Å². The van der Waals surface area contributed by atoms with Gasteiger partial charge in [0.15, 0.2) is 0 Å². The van der Waals surface area contributed by atoms with Gasteiger partial charge in [-0.2, -0.15) is 4.98 Å². The Balaban J connectivity index is 1.84. The van der Waals surface area contributed by atoms with Gasteiger partial charge in [-0.15, -0.1) is 0 Å². The van der Waals surface area contributed by atoms with Gasteiger partial charge in [0.2, 0.25) is 5.95 Å². The first-order chi connectivity index (χ1) is 12.4. The van der Waals surface area contributed by atoms with Crippen LogP contribution in [-0.2, 0) is 0 Å². The second kappa shape index (κ2) is 7.62. The Morgan fingerprint density at radius 2 is 1.73 bits per heavy atom. The van der Waals surface area contributed by atoms with Crippen LogP contribution < -0.4 is 15.4 Å². The molecule has 0 radical (unpaired) electrons. The zero-order chi connectivity index (χ0) is 18.7. The number of benzene rings is 2. The second-order valence-corrected chi connectivity index (χ2v) is 6.54. The van der Waals surface area contributed by atoms with Crippen molar-refractivity contribution < 1.29 is 4.74 Å². The van der Waals surface area contributed by atoms with E-state index in [-0.39, 0.29) is 0 Å². The fourth-order valence-electron chi connectivity index (χ4n) is 2.65. The van der Waals surface area contributed by atoms with Gasteiger partial charge in [-0.3, -0.25) is 0 Å². The summed E-state index contributed by atoms with van der Waals surface area (Å²) in [5.74, 6) is 1.86. The summed E-state index contributed by atoms with van der Waals surface area (Å²) in [7, 11) is 1.59. The molecule has 0 saturated carbocycles. The fourth-order valence-corrected chi connectivity index (χ4v) is 2.91. The molecule has 0 aliphatic heterocycles. The highest BCUT2D eigenvalue weighted by atomic mass is 35.5. The lowest BCUT2D eigenvalue weighted by molar-refractivity contribution is 0.415. The monoisotopic (exact) mass is 368 g/mol. The number of rotatable bonds is 5. The number of anilines is 4. The summed E-state index contributed by atoms with van der Waals surface area (Å²) in [6, 6.07) is 13.6. The van der Waals surface area contributed by atoms with Gasteiger partial charge in [0, 0.05) is 23.1 Å². The molecule has 0 aliphatic rings. The third-order valence-corrected chi connectivity index (χ3v) is 4.20. The Morgan fingerprint density at radius 3 is 2.42 bits per heavy atom. The summed E-state index contributed by atoms with van der Waals surface area (Å²) < 4.78 is 5.18. The zero-order valence-corrected chi connectivity index (χ0v) is 16.0. The van der Waals surface area contributed by atoms with E-state index in [2.05, 4.69) is 46.6 Å². The van der Waals surface area contributed by atoms with Crippen LogP contribution in [0.3, 0.4) is 0 Å². The standard InChI is InChI=1S/C20H21ClN4O/c1-12-5-7-17(13(2)9-12)24-20-22-14(3)10-19(25-20)23-15-6-8-18(26-4)16(21)11-15/h5-11H,1-4H3,(H2,22,23,24,25). The molecule has 0 atom stereocenters. The summed E-state index contributed by atoms with van der Waals surface area (Å²) in [6.07, 6.45) is 0. The Morgan fingerprint density at radius 1 is 0.923 bits per heavy atom. The maximum atomic E-state index is 6.19. The van der Waals surface area contributed by atoms with Gasteiger partial charge in [0.25, 0.3) is 0 Å². The first kappa shape index (κ1) is 18.0. The lowest BCUT2D eigenvalue weighted by atomic mass is 10.1. The highest BCUT2D eigenvalue weighted by Gasteiger charge is 2.07. The van der Waals surface area contributed by atoms with E-state index >= 15 is 0 Å². The van der Waals surface area contributed by atoms with Crippen LogP contribution in [0.15, 0.2) is 42.5 Å². The molecule has 0 fully saturated rings. The molecule has 0 amide bonds. The lowest BCUT2D eigenvalue weighted by Crippen LogP contribution is -2.03. The highest BCUT2D eigenvalue weighted by Crippen LogP contribution is 2.29. The minimum atomic E-state index is 0.539. The molecule has 0 saturated heterocycles. The fraction of sp³-hybridized carbons (Fsp3) is 0.200. The van der Waals surface area contributed by atoms with Crippen LogP contribution in [0.4, 0.5) is 23.1 Å². The van der Waals surface area contributed by atoms with Gasteiger partial charge in [0.05, 0.1) is 12.1 Å². The molecule has 0 unspecified atom stereocenters. The largest absolute Gasteiger partial charge is 0.495 e. The molecule has 26 heavy (non-hydrogen) atoms. The summed E-state index contributed by atoms with van der Waals surface area (Å²) in [4.78, 5) is 9.02. The number of nitrogens with zero attached hydrogens (tertiary/aromatic N) is 2. The molecule has 2 aromatic carbocycles. The number of nitrogens with one attached hydrogen (secondary N) is 2. The molecule has 0 bridgehead atoms. The second-order valence-electron chi connectivity index (χ2n) is 6.14. The molecule has 3 rings (SSSR count). The van der Waals surface area contributed by atoms with Crippen molar-refractivity contribution in [2.24, 2.45) is 0 Å². The van der Waals surface area contributed by atoms with E-state index in [4.69, 9.17) is 16.3 Å². The topological polar surface area (TPSA) is 59.1 Å². The average molecular weight is 369 g/mol. The number of ether oxygens (including phenoxy) is 1. The Labute approximate surface area is 158 Å². The van der Waals surface area contributed by atoms with Crippen molar-refractivity contribution in [3.05, 3.63) is 64.3 Å². The number of hydrogen-bond donors (Lipinski definition) is 2. The van der Waals surface area contributed by atoms with Crippen LogP contribution in [-0.4, -0.2) is 17.1 Å². The van der Waals surface area contributed by atoms with Crippen molar-refractivity contribution in [3.63, 3.8) is 0 Å². The summed E-state index contributed by atoms with van der Waals surface area (Å²) in [5.41, 5.74) is 5.03. The lowest BCUT2D eigenvalue weighted by Gasteiger charge is -2.12. The van der Waals surface area contributed by atoms with Gasteiger partial charge >= 0.3 is 0 Å². The van der Waals surface area contributed by atoms with E-state index in [9.17, 15) is 0 Å². The summed E-state index contributed by atoms with van der Waals surface area (Å²) in [5, 5.41) is 7.08. The average Bonchev–Trinajstić information content (AvgIpc) is 2.57. The van der Waals surface area contributed by atoms with E-state index in [0.29, 0.717) is 22.5 Å². The summed E-state index contributed by atoms with van der Waals surface area (Å²) in [6.45, 7) is 6.06. The molecule has 5 nitrogen and oxygen atoms in total. The third kappa shape index (κ3) is 4.24. The van der Waals surface area contributed by atoms with Crippen LogP contribution in [0.2, 0.25) is 5.02 Å². The minimum Gasteiger partial charge on any atom is -0.495 e. The van der Waals surface area contributed by atoms with Crippen LogP contribution in [0.5, 0.6) is 5.75 Å². The zero-order valence-electron chi connectivity index (χ0n) is 15.2. The molecule has 6 heteroatoms. The van der Waals surface area contributed by atoms with Gasteiger partial charge in [-0.1, -0.05) is 29.3 Å². The molecule has 0 spiro atoms. The van der Waals surface area contributed by atoms with Crippen molar-refractivity contribution in [1.29, 1.82) is 0 Å². The van der Waals surface area contributed by atoms with E-state index in [1.54, 1.807) is 13.2 Å². The van der Waals surface area contributed by atoms with Crippen LogP contribution in [0, 0.1) is 20.8 Å². The van der Waals surface area contributed by atoms with Crippen molar-refractivity contribution in [3.8, 4) is 5.75 Å². The predicted octanol–water partition coefficient (Wildman–Crippen LogP) is 5.55. The van der Waals surface area contributed by atoms with Crippen LogP contribution in [0.25, 0.3) is 0 Å². The highest BCUT2D eigenvalue weighted by molar-refractivity contribution is 6.32. The number of hydrogen-bond acceptors (Lipinski definition) is 5. The van der Waals surface area contributed by atoms with E-state index in [1.165, 1.54) is 5.56 Å². The van der Waals surface area contributed by atoms with Gasteiger partial charge < -0.3 is 15.4 Å². The maximum absolute atomic E-state index is 6.19. The van der Waals surface area contributed by atoms with Crippen LogP contribution in [0.1, 0.15) is 16.8 Å². The maximum Gasteiger partial charge on any atom is 0.229 e. The number of aryl methyl sites for hydroxylation is 3. The van der Waals surface area contributed by atoms with Gasteiger partial charge in [-0.05, 0) is 50.6 Å². The van der Waals surface area contributed by atoms with Gasteiger partial charge in [0.1, 0.15) is 11.6 Å². The Hall–Kier alpha value is -2.79. The van der Waals surface area contributed by atoms with Crippen molar-refractivity contribution in [2.75, 3.05) is 17.7 Å². The van der Waals surface area contributed by atoms with Crippen LogP contribution >= 0.6 is 11.6 Å². The molecule has 0 aliphatic carbocycles. The molecule has 134 valence electrons. The van der Waals surface area contributed by atoms with Crippen molar-refractivity contribution in [1.82, 2.24) is 9.97 Å².